The predicted octanol–water partition coefficient (Wildman–Crippen LogP) is 4.97. The van der Waals surface area contributed by atoms with Crippen LogP contribution in [-0.2, 0) is 12.7 Å². The Morgan fingerprint density at radius 2 is 1.87 bits per heavy atom. The first kappa shape index (κ1) is 26.8. The Bertz CT molecular complexity index is 1560. The number of aromatic amines is 1. The summed E-state index contributed by atoms with van der Waals surface area (Å²) in [7, 11) is 0. The second-order valence-electron chi connectivity index (χ2n) is 9.04. The number of carbonyl (C=O) groups excluding carboxylic acids is 1. The molecule has 0 atom stereocenters. The fourth-order valence-electron chi connectivity index (χ4n) is 4.37. The van der Waals surface area contributed by atoms with Crippen LogP contribution >= 0.6 is 11.3 Å². The third-order valence-electron chi connectivity index (χ3n) is 6.55. The van der Waals surface area contributed by atoms with Crippen LogP contribution in [-0.4, -0.2) is 63.4 Å². The van der Waals surface area contributed by atoms with Crippen LogP contribution in [0.25, 0.3) is 11.0 Å². The fraction of sp³-hybridized carbons (Fsp3) is 0.296. The number of hydrogen-bond donors (Lipinski definition) is 2. The van der Waals surface area contributed by atoms with Gasteiger partial charge in [-0.15, -0.1) is 0 Å². The second kappa shape index (κ2) is 11.1. The molecule has 1 aliphatic rings. The zero-order valence-corrected chi connectivity index (χ0v) is 21.7. The minimum atomic E-state index is -4.60. The summed E-state index contributed by atoms with van der Waals surface area (Å²) in [6.45, 7) is 6.14. The predicted molar refractivity (Wildman–Crippen MR) is 141 cm³/mol. The van der Waals surface area contributed by atoms with Crippen LogP contribution in [0.5, 0.6) is 0 Å². The molecule has 1 amide bonds. The molecule has 0 unspecified atom stereocenters. The number of benzene rings is 1. The number of hydrogen-bond acceptors (Lipinski definition) is 6. The lowest BCUT2D eigenvalue weighted by atomic mass is 10.0. The van der Waals surface area contributed by atoms with Crippen molar-refractivity contribution >= 4 is 33.4 Å². The van der Waals surface area contributed by atoms with E-state index in [1.54, 1.807) is 12.3 Å². The number of alkyl halides is 3. The van der Waals surface area contributed by atoms with Crippen LogP contribution in [0.15, 0.2) is 42.9 Å². The quantitative estimate of drug-likeness (QED) is 0.268. The fourth-order valence-corrected chi connectivity index (χ4v) is 5.04. The van der Waals surface area contributed by atoms with Gasteiger partial charge in [0.05, 0.1) is 27.6 Å². The van der Waals surface area contributed by atoms with E-state index >= 15 is 0 Å². The molecule has 2 N–H and O–H groups in total. The molecule has 1 aromatic carbocycles. The van der Waals surface area contributed by atoms with Crippen molar-refractivity contribution in [2.45, 2.75) is 19.6 Å². The first-order chi connectivity index (χ1) is 18.7. The maximum absolute atomic E-state index is 14.6. The summed E-state index contributed by atoms with van der Waals surface area (Å²) in [5, 5.41) is 3.01. The van der Waals surface area contributed by atoms with Crippen LogP contribution in [0.4, 0.5) is 22.7 Å². The number of piperazine rings is 1. The Kier molecular flexibility index (Phi) is 7.65. The topological polar surface area (TPSA) is 77.2 Å². The van der Waals surface area contributed by atoms with Crippen molar-refractivity contribution in [3.05, 3.63) is 75.8 Å². The molecule has 1 saturated heterocycles. The lowest BCUT2D eigenvalue weighted by molar-refractivity contribution is -0.138. The molecule has 0 spiro atoms. The molecule has 0 radical (unpaired) electrons. The van der Waals surface area contributed by atoms with E-state index in [1.807, 2.05) is 4.90 Å². The zero-order chi connectivity index (χ0) is 27.6. The van der Waals surface area contributed by atoms with E-state index in [1.165, 1.54) is 24.5 Å². The van der Waals surface area contributed by atoms with Gasteiger partial charge in [0.25, 0.3) is 5.91 Å². The lowest BCUT2D eigenvalue weighted by Gasteiger charge is -2.34. The molecular weight excluding hydrogens is 532 g/mol. The van der Waals surface area contributed by atoms with Gasteiger partial charge in [0.2, 0.25) is 0 Å². The largest absolute Gasteiger partial charge is 0.416 e. The van der Waals surface area contributed by atoms with E-state index in [9.17, 15) is 22.4 Å². The number of thiazole rings is 1. The van der Waals surface area contributed by atoms with Gasteiger partial charge in [0, 0.05) is 50.7 Å². The molecule has 5 rings (SSSR count). The summed E-state index contributed by atoms with van der Waals surface area (Å²) >= 11 is 1.03. The molecule has 202 valence electrons. The number of amides is 1. The molecule has 0 saturated carbocycles. The van der Waals surface area contributed by atoms with E-state index in [0.29, 0.717) is 29.0 Å². The van der Waals surface area contributed by atoms with Crippen molar-refractivity contribution in [3.63, 3.8) is 0 Å². The number of aromatic nitrogens is 3. The Hall–Kier alpha value is -3.79. The number of nitrogens with zero attached hydrogens (tertiary/aromatic N) is 4. The van der Waals surface area contributed by atoms with Gasteiger partial charge in [-0.05, 0) is 36.2 Å². The first-order valence-electron chi connectivity index (χ1n) is 12.3. The van der Waals surface area contributed by atoms with E-state index < -0.39 is 23.5 Å². The van der Waals surface area contributed by atoms with Gasteiger partial charge in [0.15, 0.2) is 10.9 Å². The number of rotatable bonds is 5. The normalized spacial score (nSPS) is 14.8. The first-order valence-corrected chi connectivity index (χ1v) is 13.1. The third-order valence-corrected chi connectivity index (χ3v) is 7.38. The Labute approximate surface area is 225 Å². The minimum absolute atomic E-state index is 0.105. The molecule has 0 aliphatic carbocycles. The van der Waals surface area contributed by atoms with Crippen molar-refractivity contribution in [1.82, 2.24) is 24.8 Å². The average molecular weight is 557 g/mol. The minimum Gasteiger partial charge on any atom is -0.346 e. The van der Waals surface area contributed by atoms with E-state index in [4.69, 9.17) is 0 Å². The molecule has 1 aliphatic heterocycles. The van der Waals surface area contributed by atoms with Gasteiger partial charge in [-0.3, -0.25) is 15.0 Å². The van der Waals surface area contributed by atoms with Crippen LogP contribution < -0.4 is 5.32 Å². The van der Waals surface area contributed by atoms with Gasteiger partial charge < -0.3 is 9.88 Å². The highest BCUT2D eigenvalue weighted by Gasteiger charge is 2.34. The SMILES string of the molecule is CCN1CCN(Cc2ccc(C(=O)Nc3ncc(C#Cc4cnc5[nH]ccc5c4F)s3)cc2C(F)(F)F)CC1. The maximum atomic E-state index is 14.6. The van der Waals surface area contributed by atoms with Gasteiger partial charge in [-0.25, -0.2) is 14.4 Å². The highest BCUT2D eigenvalue weighted by molar-refractivity contribution is 7.16. The van der Waals surface area contributed by atoms with E-state index in [0.717, 1.165) is 37.0 Å². The molecule has 12 heteroatoms. The van der Waals surface area contributed by atoms with Crippen molar-refractivity contribution in [2.75, 3.05) is 38.0 Å². The summed E-state index contributed by atoms with van der Waals surface area (Å²) in [5.74, 6) is 4.27. The molecular formula is C27H24F4N6OS. The Balaban J connectivity index is 1.28. The molecule has 4 aromatic rings. The second-order valence-corrected chi connectivity index (χ2v) is 10.1. The standard InChI is InChI=1S/C27H24F4N6OS/c1-2-36-9-11-37(12-10-36)16-19-4-3-17(13-22(19)27(29,30)31)25(38)35-26-34-15-20(39-26)6-5-18-14-33-24-21(23(18)28)7-8-32-24/h3-4,7-8,13-15H,2,9-12,16H2,1H3,(H,32,33)(H,34,35,38). The highest BCUT2D eigenvalue weighted by atomic mass is 32.1. The van der Waals surface area contributed by atoms with Crippen LogP contribution in [0.3, 0.4) is 0 Å². The van der Waals surface area contributed by atoms with Crippen LogP contribution in [0.1, 0.15) is 38.8 Å². The smallest absolute Gasteiger partial charge is 0.346 e. The summed E-state index contributed by atoms with van der Waals surface area (Å²) in [6, 6.07) is 5.21. The van der Waals surface area contributed by atoms with Crippen molar-refractivity contribution < 1.29 is 22.4 Å². The number of likely N-dealkylation sites (N-methyl/N-ethyl adjacent to an activating group) is 1. The highest BCUT2D eigenvalue weighted by Crippen LogP contribution is 2.34. The Morgan fingerprint density at radius 1 is 1.10 bits per heavy atom. The summed E-state index contributed by atoms with van der Waals surface area (Å²) in [4.78, 5) is 28.5. The summed E-state index contributed by atoms with van der Waals surface area (Å²) in [6.07, 6.45) is -0.307. The van der Waals surface area contributed by atoms with Crippen LogP contribution in [0.2, 0.25) is 0 Å². The van der Waals surface area contributed by atoms with Crippen LogP contribution in [0, 0.1) is 17.7 Å². The summed E-state index contributed by atoms with van der Waals surface area (Å²) in [5.41, 5.74) is -0.299. The van der Waals surface area contributed by atoms with E-state index in [2.05, 4.69) is 43.9 Å². The number of H-pyrrole nitrogens is 1. The third kappa shape index (κ3) is 6.11. The molecule has 0 bridgehead atoms. The van der Waals surface area contributed by atoms with Gasteiger partial charge in [-0.2, -0.15) is 13.2 Å². The summed E-state index contributed by atoms with van der Waals surface area (Å²) < 4.78 is 56.3. The van der Waals surface area contributed by atoms with Crippen molar-refractivity contribution in [2.24, 2.45) is 0 Å². The van der Waals surface area contributed by atoms with Gasteiger partial charge in [0.1, 0.15) is 5.65 Å². The number of nitrogens with one attached hydrogen (secondary N) is 2. The number of carbonyl (C=O) groups is 1. The van der Waals surface area contributed by atoms with Crippen molar-refractivity contribution in [3.8, 4) is 11.8 Å². The average Bonchev–Trinajstić information content (AvgIpc) is 3.58. The Morgan fingerprint density at radius 3 is 2.62 bits per heavy atom. The van der Waals surface area contributed by atoms with Gasteiger partial charge >= 0.3 is 6.18 Å². The van der Waals surface area contributed by atoms with Gasteiger partial charge in [-0.1, -0.05) is 30.2 Å². The number of fused-ring (bicyclic) bond motifs is 1. The van der Waals surface area contributed by atoms with Crippen molar-refractivity contribution in [1.29, 1.82) is 0 Å². The molecule has 3 aromatic heterocycles. The zero-order valence-electron chi connectivity index (χ0n) is 20.9. The number of pyridine rings is 1. The molecule has 1 fully saturated rings. The number of halogens is 4. The maximum Gasteiger partial charge on any atom is 0.416 e. The van der Waals surface area contributed by atoms with E-state index in [-0.39, 0.29) is 28.4 Å². The monoisotopic (exact) mass is 556 g/mol. The lowest BCUT2D eigenvalue weighted by Crippen LogP contribution is -2.45. The molecule has 7 nitrogen and oxygen atoms in total. The number of anilines is 1. The molecule has 4 heterocycles. The molecule has 39 heavy (non-hydrogen) atoms.